The SMILES string of the molecule is C[C@@H](NC(=O)COC(=O)c1cccc(N2C(=O)CCC2=O)c1)C1CC1. The zero-order valence-electron chi connectivity index (χ0n) is 14.0. The van der Waals surface area contributed by atoms with Crippen molar-refractivity contribution >= 4 is 29.4 Å². The average molecular weight is 344 g/mol. The Morgan fingerprint density at radius 2 is 1.92 bits per heavy atom. The summed E-state index contributed by atoms with van der Waals surface area (Å²) >= 11 is 0. The van der Waals surface area contributed by atoms with Crippen LogP contribution in [0.3, 0.4) is 0 Å². The van der Waals surface area contributed by atoms with Gasteiger partial charge in [-0.3, -0.25) is 19.3 Å². The van der Waals surface area contributed by atoms with Crippen LogP contribution in [0.2, 0.25) is 0 Å². The molecule has 1 atom stereocenters. The fraction of sp³-hybridized carbons (Fsp3) is 0.444. The van der Waals surface area contributed by atoms with Crippen molar-refractivity contribution in [1.29, 1.82) is 0 Å². The Hall–Kier alpha value is -2.70. The molecule has 3 rings (SSSR count). The number of amides is 3. The van der Waals surface area contributed by atoms with E-state index in [0.717, 1.165) is 17.7 Å². The van der Waals surface area contributed by atoms with Crippen molar-refractivity contribution in [3.8, 4) is 0 Å². The summed E-state index contributed by atoms with van der Waals surface area (Å²) < 4.78 is 5.02. The summed E-state index contributed by atoms with van der Waals surface area (Å²) in [6.45, 7) is 1.58. The molecule has 2 aliphatic rings. The minimum atomic E-state index is -0.671. The molecule has 1 aromatic carbocycles. The Morgan fingerprint density at radius 1 is 1.24 bits per heavy atom. The topological polar surface area (TPSA) is 92.8 Å². The van der Waals surface area contributed by atoms with Gasteiger partial charge in [-0.25, -0.2) is 4.79 Å². The highest BCUT2D eigenvalue weighted by Crippen LogP contribution is 2.32. The lowest BCUT2D eigenvalue weighted by Crippen LogP contribution is -2.37. The second-order valence-corrected chi connectivity index (χ2v) is 6.44. The van der Waals surface area contributed by atoms with E-state index in [-0.39, 0.29) is 48.8 Å². The van der Waals surface area contributed by atoms with Crippen molar-refractivity contribution in [3.63, 3.8) is 0 Å². The number of carbonyl (C=O) groups excluding carboxylic acids is 4. The Kier molecular flexibility index (Phi) is 4.83. The summed E-state index contributed by atoms with van der Waals surface area (Å²) in [5, 5.41) is 2.80. The number of esters is 1. The molecule has 3 amide bonds. The molecule has 7 heteroatoms. The second kappa shape index (κ2) is 7.04. The standard InChI is InChI=1S/C18H20N2O5/c1-11(12-5-6-12)19-15(21)10-25-18(24)13-3-2-4-14(9-13)20-16(22)7-8-17(20)23/h2-4,9,11-12H,5-8,10H2,1H3,(H,19,21)/t11-/m1/s1. The number of hydrogen-bond acceptors (Lipinski definition) is 5. The van der Waals surface area contributed by atoms with Crippen molar-refractivity contribution in [1.82, 2.24) is 5.32 Å². The van der Waals surface area contributed by atoms with Gasteiger partial charge in [0.2, 0.25) is 11.8 Å². The molecular weight excluding hydrogens is 324 g/mol. The lowest BCUT2D eigenvalue weighted by Gasteiger charge is -2.15. The van der Waals surface area contributed by atoms with E-state index in [1.165, 1.54) is 12.1 Å². The molecule has 132 valence electrons. The van der Waals surface area contributed by atoms with Gasteiger partial charge < -0.3 is 10.1 Å². The van der Waals surface area contributed by atoms with Crippen LogP contribution in [0.4, 0.5) is 5.69 Å². The van der Waals surface area contributed by atoms with Crippen LogP contribution in [-0.4, -0.2) is 36.3 Å². The van der Waals surface area contributed by atoms with E-state index >= 15 is 0 Å². The van der Waals surface area contributed by atoms with Crippen molar-refractivity contribution < 1.29 is 23.9 Å². The van der Waals surface area contributed by atoms with Crippen LogP contribution in [0.1, 0.15) is 43.0 Å². The molecule has 1 saturated heterocycles. The number of imide groups is 1. The fourth-order valence-corrected chi connectivity index (χ4v) is 2.86. The molecule has 0 unspecified atom stereocenters. The summed E-state index contributed by atoms with van der Waals surface area (Å²) in [5.41, 5.74) is 0.529. The van der Waals surface area contributed by atoms with E-state index in [1.54, 1.807) is 12.1 Å². The number of rotatable bonds is 6. The van der Waals surface area contributed by atoms with E-state index in [2.05, 4.69) is 5.32 Å². The molecule has 0 spiro atoms. The normalized spacial score (nSPS) is 18.2. The molecule has 7 nitrogen and oxygen atoms in total. The highest BCUT2D eigenvalue weighted by atomic mass is 16.5. The maximum absolute atomic E-state index is 12.1. The molecule has 1 heterocycles. The molecule has 0 radical (unpaired) electrons. The van der Waals surface area contributed by atoms with E-state index in [4.69, 9.17) is 4.74 Å². The van der Waals surface area contributed by atoms with Crippen LogP contribution in [0.25, 0.3) is 0 Å². The molecule has 1 aliphatic carbocycles. The van der Waals surface area contributed by atoms with Crippen LogP contribution in [0, 0.1) is 5.92 Å². The van der Waals surface area contributed by atoms with Gasteiger partial charge in [0.05, 0.1) is 11.3 Å². The van der Waals surface area contributed by atoms with Crippen LogP contribution in [-0.2, 0) is 19.1 Å². The van der Waals surface area contributed by atoms with Gasteiger partial charge in [0.15, 0.2) is 6.61 Å². The third-order valence-electron chi connectivity index (χ3n) is 4.44. The van der Waals surface area contributed by atoms with E-state index in [1.807, 2.05) is 6.92 Å². The summed E-state index contributed by atoms with van der Waals surface area (Å²) in [6, 6.07) is 6.18. The fourth-order valence-electron chi connectivity index (χ4n) is 2.86. The third kappa shape index (κ3) is 4.04. The molecule has 2 fully saturated rings. The first-order valence-corrected chi connectivity index (χ1v) is 8.38. The van der Waals surface area contributed by atoms with E-state index < -0.39 is 5.97 Å². The third-order valence-corrected chi connectivity index (χ3v) is 4.44. The quantitative estimate of drug-likeness (QED) is 0.622. The summed E-state index contributed by atoms with van der Waals surface area (Å²) in [6.07, 6.45) is 2.57. The first-order chi connectivity index (χ1) is 12.0. The Bertz CT molecular complexity index is 710. The molecule has 1 N–H and O–H groups in total. The average Bonchev–Trinajstić information content (AvgIpc) is 3.38. The summed E-state index contributed by atoms with van der Waals surface area (Å²) in [5.74, 6) is -1.07. The smallest absolute Gasteiger partial charge is 0.338 e. The number of nitrogens with one attached hydrogen (secondary N) is 1. The van der Waals surface area contributed by atoms with Gasteiger partial charge in [-0.05, 0) is 43.9 Å². The number of ether oxygens (including phenoxy) is 1. The van der Waals surface area contributed by atoms with Crippen LogP contribution >= 0.6 is 0 Å². The Labute approximate surface area is 145 Å². The molecule has 25 heavy (non-hydrogen) atoms. The highest BCUT2D eigenvalue weighted by Gasteiger charge is 2.31. The number of carbonyl (C=O) groups is 4. The van der Waals surface area contributed by atoms with Gasteiger partial charge in [-0.2, -0.15) is 0 Å². The highest BCUT2D eigenvalue weighted by molar-refractivity contribution is 6.20. The summed E-state index contributed by atoms with van der Waals surface area (Å²) in [7, 11) is 0. The lowest BCUT2D eigenvalue weighted by atomic mass is 10.2. The maximum Gasteiger partial charge on any atom is 0.338 e. The number of anilines is 1. The predicted molar refractivity (Wildman–Crippen MR) is 88.8 cm³/mol. The van der Waals surface area contributed by atoms with Crippen molar-refractivity contribution in [2.75, 3.05) is 11.5 Å². The van der Waals surface area contributed by atoms with Crippen molar-refractivity contribution in [2.24, 2.45) is 5.92 Å². The lowest BCUT2D eigenvalue weighted by molar-refractivity contribution is -0.125. The van der Waals surface area contributed by atoms with E-state index in [9.17, 15) is 19.2 Å². The second-order valence-electron chi connectivity index (χ2n) is 6.44. The van der Waals surface area contributed by atoms with Gasteiger partial charge >= 0.3 is 5.97 Å². The molecule has 1 saturated carbocycles. The zero-order valence-corrected chi connectivity index (χ0v) is 14.0. The number of benzene rings is 1. The largest absolute Gasteiger partial charge is 0.452 e. The molecule has 0 bridgehead atoms. The molecular formula is C18H20N2O5. The number of hydrogen-bond donors (Lipinski definition) is 1. The van der Waals surface area contributed by atoms with E-state index in [0.29, 0.717) is 11.6 Å². The summed E-state index contributed by atoms with van der Waals surface area (Å²) in [4.78, 5) is 48.5. The number of nitrogens with zero attached hydrogens (tertiary/aromatic N) is 1. The minimum absolute atomic E-state index is 0.0849. The van der Waals surface area contributed by atoms with Crippen LogP contribution in [0.15, 0.2) is 24.3 Å². The molecule has 1 aliphatic heterocycles. The first-order valence-electron chi connectivity index (χ1n) is 8.38. The molecule has 1 aromatic rings. The Balaban J connectivity index is 1.58. The zero-order chi connectivity index (χ0) is 18.0. The molecule has 0 aromatic heterocycles. The van der Waals surface area contributed by atoms with Gasteiger partial charge in [-0.1, -0.05) is 6.07 Å². The monoisotopic (exact) mass is 344 g/mol. The van der Waals surface area contributed by atoms with Gasteiger partial charge in [0, 0.05) is 18.9 Å². The minimum Gasteiger partial charge on any atom is -0.452 e. The van der Waals surface area contributed by atoms with Crippen molar-refractivity contribution in [3.05, 3.63) is 29.8 Å². The van der Waals surface area contributed by atoms with Crippen LogP contribution in [0.5, 0.6) is 0 Å². The predicted octanol–water partition coefficient (Wildman–Crippen LogP) is 1.41. The Morgan fingerprint density at radius 3 is 2.56 bits per heavy atom. The van der Waals surface area contributed by atoms with Gasteiger partial charge in [0.1, 0.15) is 0 Å². The maximum atomic E-state index is 12.1. The van der Waals surface area contributed by atoms with Crippen LogP contribution < -0.4 is 10.2 Å². The van der Waals surface area contributed by atoms with Gasteiger partial charge in [0.25, 0.3) is 5.91 Å². The van der Waals surface area contributed by atoms with Gasteiger partial charge in [-0.15, -0.1) is 0 Å². The first kappa shape index (κ1) is 17.1. The van der Waals surface area contributed by atoms with Crippen molar-refractivity contribution in [2.45, 2.75) is 38.6 Å².